The van der Waals surface area contributed by atoms with Crippen molar-refractivity contribution in [3.05, 3.63) is 0 Å². The molecule has 0 radical (unpaired) electrons. The first-order valence-electron chi connectivity index (χ1n) is 3.61. The van der Waals surface area contributed by atoms with Crippen molar-refractivity contribution in [2.24, 2.45) is 5.73 Å². The summed E-state index contributed by atoms with van der Waals surface area (Å²) >= 11 is 1.88. The molecule has 1 atom stereocenters. The van der Waals surface area contributed by atoms with E-state index < -0.39 is 0 Å². The second-order valence-corrected chi connectivity index (χ2v) is 3.91. The standard InChI is InChI=1S/C7H16N2S/c1-3-6(2)10-5-4-7(8)9/h6H,3-5H2,1-2H3,(H3,8,9). The highest BCUT2D eigenvalue weighted by atomic mass is 32.2. The van der Waals surface area contributed by atoms with Gasteiger partial charge < -0.3 is 5.73 Å². The maximum atomic E-state index is 6.96. The van der Waals surface area contributed by atoms with Gasteiger partial charge in [-0.3, -0.25) is 5.41 Å². The highest BCUT2D eigenvalue weighted by Gasteiger charge is 1.98. The van der Waals surface area contributed by atoms with E-state index in [4.69, 9.17) is 11.1 Å². The molecule has 10 heavy (non-hydrogen) atoms. The van der Waals surface area contributed by atoms with Crippen LogP contribution in [0.2, 0.25) is 0 Å². The first-order chi connectivity index (χ1) is 4.66. The number of amidine groups is 1. The van der Waals surface area contributed by atoms with Crippen LogP contribution in [-0.2, 0) is 0 Å². The second kappa shape index (κ2) is 5.59. The number of nitrogens with two attached hydrogens (primary N) is 1. The topological polar surface area (TPSA) is 49.9 Å². The summed E-state index contributed by atoms with van der Waals surface area (Å²) in [5.41, 5.74) is 5.19. The summed E-state index contributed by atoms with van der Waals surface area (Å²) in [4.78, 5) is 0. The third-order valence-electron chi connectivity index (χ3n) is 1.35. The minimum Gasteiger partial charge on any atom is -0.388 e. The molecular formula is C7H16N2S. The lowest BCUT2D eigenvalue weighted by Crippen LogP contribution is -2.10. The van der Waals surface area contributed by atoms with Gasteiger partial charge >= 0.3 is 0 Å². The van der Waals surface area contributed by atoms with Gasteiger partial charge in [-0.25, -0.2) is 0 Å². The minimum atomic E-state index is 0.302. The van der Waals surface area contributed by atoms with Crippen LogP contribution in [0.3, 0.4) is 0 Å². The third-order valence-corrected chi connectivity index (χ3v) is 2.69. The number of thioether (sulfide) groups is 1. The van der Waals surface area contributed by atoms with E-state index in [1.54, 1.807) is 0 Å². The van der Waals surface area contributed by atoms with E-state index in [2.05, 4.69) is 13.8 Å². The molecular weight excluding hydrogens is 144 g/mol. The molecule has 60 valence electrons. The number of nitrogens with one attached hydrogen (secondary N) is 1. The predicted octanol–water partition coefficient (Wildman–Crippen LogP) is 1.84. The summed E-state index contributed by atoms with van der Waals surface area (Å²) in [6.45, 7) is 4.37. The average molecular weight is 160 g/mol. The van der Waals surface area contributed by atoms with Crippen LogP contribution in [0.1, 0.15) is 26.7 Å². The van der Waals surface area contributed by atoms with Gasteiger partial charge in [0.2, 0.25) is 0 Å². The van der Waals surface area contributed by atoms with Crippen LogP contribution >= 0.6 is 11.8 Å². The average Bonchev–Trinajstić information content (AvgIpc) is 1.87. The Kier molecular flexibility index (Phi) is 5.49. The zero-order chi connectivity index (χ0) is 7.98. The minimum absolute atomic E-state index is 0.302. The number of rotatable bonds is 5. The monoisotopic (exact) mass is 160 g/mol. The maximum Gasteiger partial charge on any atom is 0.0913 e. The molecule has 2 nitrogen and oxygen atoms in total. The third kappa shape index (κ3) is 5.95. The molecule has 3 heteroatoms. The Hall–Kier alpha value is -0.180. The highest BCUT2D eigenvalue weighted by molar-refractivity contribution is 7.99. The summed E-state index contributed by atoms with van der Waals surface area (Å²) in [5.74, 6) is 1.29. The number of hydrogen-bond acceptors (Lipinski definition) is 2. The van der Waals surface area contributed by atoms with Gasteiger partial charge in [-0.1, -0.05) is 13.8 Å². The van der Waals surface area contributed by atoms with Crippen molar-refractivity contribution in [1.82, 2.24) is 0 Å². The van der Waals surface area contributed by atoms with E-state index in [0.717, 1.165) is 12.2 Å². The lowest BCUT2D eigenvalue weighted by molar-refractivity contribution is 0.905. The van der Waals surface area contributed by atoms with Crippen molar-refractivity contribution in [3.63, 3.8) is 0 Å². The quantitative estimate of drug-likeness (QED) is 0.476. The van der Waals surface area contributed by atoms with Crippen molar-refractivity contribution in [3.8, 4) is 0 Å². The molecule has 0 aromatic rings. The molecule has 0 amide bonds. The van der Waals surface area contributed by atoms with Gasteiger partial charge in [0.25, 0.3) is 0 Å². The Bertz CT molecular complexity index is 104. The first kappa shape index (κ1) is 9.82. The normalized spacial score (nSPS) is 13.0. The van der Waals surface area contributed by atoms with Crippen molar-refractivity contribution >= 4 is 17.6 Å². The van der Waals surface area contributed by atoms with Crippen LogP contribution in [0.25, 0.3) is 0 Å². The zero-order valence-electron chi connectivity index (χ0n) is 6.68. The molecule has 0 bridgehead atoms. The predicted molar refractivity (Wildman–Crippen MR) is 48.7 cm³/mol. The SMILES string of the molecule is CCC(C)SCCC(=N)N. The van der Waals surface area contributed by atoms with Crippen LogP contribution in [0, 0.1) is 5.41 Å². The van der Waals surface area contributed by atoms with Crippen LogP contribution in [0.5, 0.6) is 0 Å². The molecule has 0 saturated carbocycles. The fourth-order valence-corrected chi connectivity index (χ4v) is 1.46. The second-order valence-electron chi connectivity index (χ2n) is 2.36. The van der Waals surface area contributed by atoms with Crippen molar-refractivity contribution in [1.29, 1.82) is 5.41 Å². The molecule has 3 N–H and O–H groups in total. The Labute approximate surface area is 67.1 Å². The molecule has 1 unspecified atom stereocenters. The van der Waals surface area contributed by atoms with Gasteiger partial charge in [-0.05, 0) is 6.42 Å². The van der Waals surface area contributed by atoms with Crippen LogP contribution < -0.4 is 5.73 Å². The molecule has 0 rings (SSSR count). The van der Waals surface area contributed by atoms with E-state index in [0.29, 0.717) is 11.1 Å². The summed E-state index contributed by atoms with van der Waals surface area (Å²) in [6.07, 6.45) is 1.93. The van der Waals surface area contributed by atoms with Gasteiger partial charge in [0.15, 0.2) is 0 Å². The van der Waals surface area contributed by atoms with Crippen LogP contribution in [0.15, 0.2) is 0 Å². The summed E-state index contributed by atoms with van der Waals surface area (Å²) < 4.78 is 0. The maximum absolute atomic E-state index is 6.96. The first-order valence-corrected chi connectivity index (χ1v) is 4.66. The molecule has 0 aromatic carbocycles. The van der Waals surface area contributed by atoms with Crippen LogP contribution in [-0.4, -0.2) is 16.8 Å². The lowest BCUT2D eigenvalue weighted by Gasteiger charge is -2.06. The van der Waals surface area contributed by atoms with Crippen molar-refractivity contribution in [2.75, 3.05) is 5.75 Å². The van der Waals surface area contributed by atoms with Crippen molar-refractivity contribution < 1.29 is 0 Å². The summed E-state index contributed by atoms with van der Waals surface area (Å²) in [7, 11) is 0. The number of hydrogen-bond donors (Lipinski definition) is 2. The molecule has 0 heterocycles. The largest absolute Gasteiger partial charge is 0.388 e. The van der Waals surface area contributed by atoms with E-state index in [1.807, 2.05) is 11.8 Å². The fraction of sp³-hybridized carbons (Fsp3) is 0.857. The zero-order valence-corrected chi connectivity index (χ0v) is 7.50. The summed E-state index contributed by atoms with van der Waals surface area (Å²) in [6, 6.07) is 0. The van der Waals surface area contributed by atoms with Gasteiger partial charge in [0.05, 0.1) is 5.84 Å². The van der Waals surface area contributed by atoms with E-state index in [1.165, 1.54) is 6.42 Å². The molecule has 0 spiro atoms. The highest BCUT2D eigenvalue weighted by Crippen LogP contribution is 2.13. The van der Waals surface area contributed by atoms with E-state index >= 15 is 0 Å². The fourth-order valence-electron chi connectivity index (χ4n) is 0.488. The molecule has 0 aliphatic rings. The van der Waals surface area contributed by atoms with Crippen LogP contribution in [0.4, 0.5) is 0 Å². The molecule has 0 aliphatic carbocycles. The van der Waals surface area contributed by atoms with Crippen molar-refractivity contribution in [2.45, 2.75) is 31.9 Å². The lowest BCUT2D eigenvalue weighted by atomic mass is 10.4. The van der Waals surface area contributed by atoms with Gasteiger partial charge in [0.1, 0.15) is 0 Å². The molecule has 0 saturated heterocycles. The molecule has 0 aromatic heterocycles. The smallest absolute Gasteiger partial charge is 0.0913 e. The Morgan fingerprint density at radius 3 is 2.70 bits per heavy atom. The Morgan fingerprint density at radius 2 is 2.30 bits per heavy atom. The molecule has 0 fully saturated rings. The Balaban J connectivity index is 3.11. The van der Waals surface area contributed by atoms with Gasteiger partial charge in [-0.2, -0.15) is 11.8 Å². The van der Waals surface area contributed by atoms with Gasteiger partial charge in [-0.15, -0.1) is 0 Å². The van der Waals surface area contributed by atoms with Gasteiger partial charge in [0, 0.05) is 17.4 Å². The Morgan fingerprint density at radius 1 is 1.70 bits per heavy atom. The van der Waals surface area contributed by atoms with E-state index in [9.17, 15) is 0 Å². The summed E-state index contributed by atoms with van der Waals surface area (Å²) in [5, 5.41) is 7.67. The molecule has 0 aliphatic heterocycles. The van der Waals surface area contributed by atoms with E-state index in [-0.39, 0.29) is 0 Å².